The van der Waals surface area contributed by atoms with E-state index >= 15 is 0 Å². The highest BCUT2D eigenvalue weighted by atomic mass is 16.2. The molecule has 2 unspecified atom stereocenters. The van der Waals surface area contributed by atoms with Gasteiger partial charge in [-0.1, -0.05) is 43.2 Å². The molecule has 3 nitrogen and oxygen atoms in total. The van der Waals surface area contributed by atoms with Crippen molar-refractivity contribution < 1.29 is 4.79 Å². The van der Waals surface area contributed by atoms with Crippen molar-refractivity contribution in [1.29, 1.82) is 0 Å². The Morgan fingerprint density at radius 2 is 2.11 bits per heavy atom. The molecule has 1 aromatic rings. The van der Waals surface area contributed by atoms with Gasteiger partial charge >= 0.3 is 0 Å². The molecule has 0 aromatic heterocycles. The fourth-order valence-corrected chi connectivity index (χ4v) is 2.59. The Labute approximate surface area is 115 Å². The van der Waals surface area contributed by atoms with Gasteiger partial charge in [-0.25, -0.2) is 0 Å². The van der Waals surface area contributed by atoms with Crippen LogP contribution in [0.25, 0.3) is 0 Å². The molecule has 1 saturated heterocycles. The quantitative estimate of drug-likeness (QED) is 0.872. The van der Waals surface area contributed by atoms with E-state index in [1.807, 2.05) is 0 Å². The van der Waals surface area contributed by atoms with Gasteiger partial charge in [0, 0.05) is 6.54 Å². The third-order valence-electron chi connectivity index (χ3n) is 3.99. The third-order valence-corrected chi connectivity index (χ3v) is 3.99. The molecule has 1 aliphatic rings. The minimum absolute atomic E-state index is 0.0100. The molecule has 104 valence electrons. The van der Waals surface area contributed by atoms with Crippen LogP contribution in [-0.2, 0) is 11.3 Å². The Morgan fingerprint density at radius 1 is 1.37 bits per heavy atom. The number of hydrogen-bond acceptors (Lipinski definition) is 2. The van der Waals surface area contributed by atoms with Gasteiger partial charge < -0.3 is 10.6 Å². The highest BCUT2D eigenvalue weighted by Crippen LogP contribution is 2.19. The number of nitrogens with one attached hydrogen (secondary N) is 2. The molecule has 1 fully saturated rings. The first kappa shape index (κ1) is 14.1. The Morgan fingerprint density at radius 3 is 2.79 bits per heavy atom. The zero-order valence-corrected chi connectivity index (χ0v) is 11.9. The van der Waals surface area contributed by atoms with Crippen molar-refractivity contribution in [3.05, 3.63) is 35.4 Å². The maximum atomic E-state index is 12.1. The maximum absolute atomic E-state index is 12.1. The molecule has 2 N–H and O–H groups in total. The monoisotopic (exact) mass is 260 g/mol. The smallest absolute Gasteiger partial charge is 0.237 e. The second-order valence-electron chi connectivity index (χ2n) is 5.51. The van der Waals surface area contributed by atoms with Crippen molar-refractivity contribution in [3.63, 3.8) is 0 Å². The lowest BCUT2D eigenvalue weighted by molar-refractivity contribution is -0.124. The number of hydrogen-bond donors (Lipinski definition) is 2. The van der Waals surface area contributed by atoms with E-state index in [0.717, 1.165) is 18.5 Å². The first-order chi connectivity index (χ1) is 9.19. The average Bonchev–Trinajstić information content (AvgIpc) is 2.46. The summed E-state index contributed by atoms with van der Waals surface area (Å²) in [5.41, 5.74) is 2.40. The molecule has 1 amide bonds. The fraction of sp³-hybridized carbons (Fsp3) is 0.562. The van der Waals surface area contributed by atoms with Crippen LogP contribution in [0.2, 0.25) is 0 Å². The van der Waals surface area contributed by atoms with E-state index < -0.39 is 0 Å². The van der Waals surface area contributed by atoms with E-state index in [2.05, 4.69) is 48.7 Å². The van der Waals surface area contributed by atoms with Crippen LogP contribution in [0.5, 0.6) is 0 Å². The lowest BCUT2D eigenvalue weighted by Gasteiger charge is -2.28. The van der Waals surface area contributed by atoms with Crippen LogP contribution in [0.15, 0.2) is 24.3 Å². The molecule has 2 rings (SSSR count). The van der Waals surface area contributed by atoms with Gasteiger partial charge in [0.25, 0.3) is 0 Å². The van der Waals surface area contributed by atoms with Crippen LogP contribution in [-0.4, -0.2) is 18.5 Å². The highest BCUT2D eigenvalue weighted by molar-refractivity contribution is 5.81. The average molecular weight is 260 g/mol. The predicted octanol–water partition coefficient (Wildman–Crippen LogP) is 2.39. The van der Waals surface area contributed by atoms with Gasteiger partial charge in [0.1, 0.15) is 0 Å². The van der Waals surface area contributed by atoms with E-state index in [-0.39, 0.29) is 11.9 Å². The van der Waals surface area contributed by atoms with E-state index in [1.165, 1.54) is 18.4 Å². The van der Waals surface area contributed by atoms with E-state index in [0.29, 0.717) is 12.5 Å². The summed E-state index contributed by atoms with van der Waals surface area (Å²) in [7, 11) is 0. The molecular formula is C16H24N2O. The van der Waals surface area contributed by atoms with Crippen molar-refractivity contribution in [2.24, 2.45) is 5.92 Å². The van der Waals surface area contributed by atoms with Crippen LogP contribution in [0.4, 0.5) is 0 Å². The third kappa shape index (κ3) is 4.06. The van der Waals surface area contributed by atoms with Crippen molar-refractivity contribution in [2.45, 2.75) is 45.7 Å². The summed E-state index contributed by atoms with van der Waals surface area (Å²) in [4.78, 5) is 12.1. The molecule has 19 heavy (non-hydrogen) atoms. The van der Waals surface area contributed by atoms with Gasteiger partial charge in [0.15, 0.2) is 0 Å². The van der Waals surface area contributed by atoms with Gasteiger partial charge in [-0.05, 0) is 37.8 Å². The number of aryl methyl sites for hydroxylation is 1. The minimum atomic E-state index is -0.0100. The van der Waals surface area contributed by atoms with Crippen LogP contribution < -0.4 is 10.6 Å². The van der Waals surface area contributed by atoms with Crippen LogP contribution >= 0.6 is 0 Å². The summed E-state index contributed by atoms with van der Waals surface area (Å²) in [5, 5.41) is 6.35. The first-order valence-electron chi connectivity index (χ1n) is 7.25. The highest BCUT2D eigenvalue weighted by Gasteiger charge is 2.25. The summed E-state index contributed by atoms with van der Waals surface area (Å²) in [6, 6.07) is 8.28. The number of rotatable bonds is 4. The van der Waals surface area contributed by atoms with Gasteiger partial charge in [-0.15, -0.1) is 0 Å². The molecule has 2 atom stereocenters. The van der Waals surface area contributed by atoms with Gasteiger partial charge in [0.05, 0.1) is 6.04 Å². The van der Waals surface area contributed by atoms with Crippen LogP contribution in [0, 0.1) is 12.8 Å². The van der Waals surface area contributed by atoms with Crippen molar-refractivity contribution in [1.82, 2.24) is 10.6 Å². The number of piperidine rings is 1. The van der Waals surface area contributed by atoms with E-state index in [1.54, 1.807) is 0 Å². The van der Waals surface area contributed by atoms with E-state index in [9.17, 15) is 4.79 Å². The molecule has 0 bridgehead atoms. The standard InChI is InChI=1S/C16H24N2O/c1-3-13-8-9-17-15(10-13)16(19)18-11-14-6-4-12(2)5-7-14/h4-7,13,15,17H,3,8-11H2,1-2H3,(H,18,19). The number of carbonyl (C=O) groups excluding carboxylic acids is 1. The summed E-state index contributed by atoms with van der Waals surface area (Å²) < 4.78 is 0. The summed E-state index contributed by atoms with van der Waals surface area (Å²) in [5.74, 6) is 0.829. The molecule has 0 radical (unpaired) electrons. The number of amides is 1. The largest absolute Gasteiger partial charge is 0.351 e. The normalized spacial score (nSPS) is 23.1. The lowest BCUT2D eigenvalue weighted by Crippen LogP contribution is -2.48. The lowest BCUT2D eigenvalue weighted by atomic mass is 9.90. The summed E-state index contributed by atoms with van der Waals surface area (Å²) in [6.45, 7) is 5.85. The Balaban J connectivity index is 1.82. The molecule has 1 aromatic carbocycles. The van der Waals surface area contributed by atoms with Crippen LogP contribution in [0.1, 0.15) is 37.3 Å². The van der Waals surface area contributed by atoms with E-state index in [4.69, 9.17) is 0 Å². The summed E-state index contributed by atoms with van der Waals surface area (Å²) in [6.07, 6.45) is 3.33. The topological polar surface area (TPSA) is 41.1 Å². The Bertz CT molecular complexity index is 413. The number of benzene rings is 1. The van der Waals surface area contributed by atoms with Crippen molar-refractivity contribution >= 4 is 5.91 Å². The zero-order valence-electron chi connectivity index (χ0n) is 11.9. The van der Waals surface area contributed by atoms with Crippen molar-refractivity contribution in [2.75, 3.05) is 6.54 Å². The molecule has 0 aliphatic carbocycles. The maximum Gasteiger partial charge on any atom is 0.237 e. The zero-order chi connectivity index (χ0) is 13.7. The second-order valence-corrected chi connectivity index (χ2v) is 5.51. The number of carbonyl (C=O) groups is 1. The predicted molar refractivity (Wildman–Crippen MR) is 77.8 cm³/mol. The molecule has 1 aliphatic heterocycles. The SMILES string of the molecule is CCC1CCNC(C(=O)NCc2ccc(C)cc2)C1. The first-order valence-corrected chi connectivity index (χ1v) is 7.25. The van der Waals surface area contributed by atoms with Gasteiger partial charge in [0.2, 0.25) is 5.91 Å². The molecule has 0 saturated carbocycles. The Hall–Kier alpha value is -1.35. The second kappa shape index (κ2) is 6.71. The molecule has 1 heterocycles. The van der Waals surface area contributed by atoms with Gasteiger partial charge in [-0.3, -0.25) is 4.79 Å². The molecule has 3 heteroatoms. The summed E-state index contributed by atoms with van der Waals surface area (Å²) >= 11 is 0. The Kier molecular flexibility index (Phi) is 4.97. The fourth-order valence-electron chi connectivity index (χ4n) is 2.59. The van der Waals surface area contributed by atoms with Crippen LogP contribution in [0.3, 0.4) is 0 Å². The minimum Gasteiger partial charge on any atom is -0.351 e. The van der Waals surface area contributed by atoms with Gasteiger partial charge in [-0.2, -0.15) is 0 Å². The van der Waals surface area contributed by atoms with Crippen molar-refractivity contribution in [3.8, 4) is 0 Å². The molecule has 0 spiro atoms. The molecular weight excluding hydrogens is 236 g/mol.